The van der Waals surface area contributed by atoms with Crippen molar-refractivity contribution in [2.24, 2.45) is 0 Å². The molecule has 0 bridgehead atoms. The highest BCUT2D eigenvalue weighted by atomic mass is 35.5. The van der Waals surface area contributed by atoms with Crippen molar-refractivity contribution in [2.45, 2.75) is 37.9 Å². The van der Waals surface area contributed by atoms with Crippen molar-refractivity contribution in [1.29, 1.82) is 0 Å². The summed E-state index contributed by atoms with van der Waals surface area (Å²) < 4.78 is 11.5. The number of morpholine rings is 1. The number of nitrogens with zero attached hydrogens (tertiary/aromatic N) is 1. The van der Waals surface area contributed by atoms with Crippen molar-refractivity contribution in [2.75, 3.05) is 26.3 Å². The number of carbonyl (C=O) groups excluding carboxylic acids is 1. The molecule has 22 heavy (non-hydrogen) atoms. The molecule has 2 saturated heterocycles. The van der Waals surface area contributed by atoms with Gasteiger partial charge in [-0.05, 0) is 25.3 Å². The Labute approximate surface area is 136 Å². The first-order valence-electron chi connectivity index (χ1n) is 7.99. The normalized spacial score (nSPS) is 26.0. The first kappa shape index (κ1) is 15.8. The van der Waals surface area contributed by atoms with Gasteiger partial charge in [-0.2, -0.15) is 0 Å². The highest BCUT2D eigenvalue weighted by Crippen LogP contribution is 2.29. The zero-order valence-electron chi connectivity index (χ0n) is 12.7. The van der Waals surface area contributed by atoms with Crippen molar-refractivity contribution in [1.82, 2.24) is 4.90 Å². The van der Waals surface area contributed by atoms with Gasteiger partial charge in [-0.15, -0.1) is 0 Å². The number of ether oxygens (including phenoxy) is 2. The van der Waals surface area contributed by atoms with E-state index >= 15 is 0 Å². The van der Waals surface area contributed by atoms with Crippen LogP contribution in [0.15, 0.2) is 24.3 Å². The van der Waals surface area contributed by atoms with Crippen LogP contribution in [0.25, 0.3) is 0 Å². The van der Waals surface area contributed by atoms with E-state index in [-0.39, 0.29) is 18.1 Å². The summed E-state index contributed by atoms with van der Waals surface area (Å²) >= 11 is 6.24. The van der Waals surface area contributed by atoms with Gasteiger partial charge in [0.05, 0.1) is 25.7 Å². The lowest BCUT2D eigenvalue weighted by Crippen LogP contribution is -2.43. The quantitative estimate of drug-likeness (QED) is 0.857. The molecule has 2 fully saturated rings. The Hall–Kier alpha value is -1.10. The molecular formula is C17H22ClNO3. The zero-order valence-corrected chi connectivity index (χ0v) is 13.4. The number of hydrogen-bond acceptors (Lipinski definition) is 3. The maximum Gasteiger partial charge on any atom is 0.225 e. The van der Waals surface area contributed by atoms with Crippen LogP contribution in [0.3, 0.4) is 0 Å². The summed E-state index contributed by atoms with van der Waals surface area (Å²) in [6.45, 7) is 2.54. The van der Waals surface area contributed by atoms with Gasteiger partial charge in [0.1, 0.15) is 6.10 Å². The minimum Gasteiger partial charge on any atom is -0.378 e. The van der Waals surface area contributed by atoms with E-state index in [0.29, 0.717) is 31.1 Å². The number of rotatable bonds is 3. The summed E-state index contributed by atoms with van der Waals surface area (Å²) in [5.74, 6) is 0.159. The molecule has 0 N–H and O–H groups in total. The Balaban J connectivity index is 1.60. The molecule has 0 radical (unpaired) electrons. The van der Waals surface area contributed by atoms with Crippen LogP contribution in [0.4, 0.5) is 0 Å². The topological polar surface area (TPSA) is 38.8 Å². The lowest BCUT2D eigenvalue weighted by molar-refractivity contribution is -0.142. The molecule has 1 amide bonds. The molecule has 1 aromatic rings. The first-order chi connectivity index (χ1) is 10.7. The molecule has 2 atom stereocenters. The summed E-state index contributed by atoms with van der Waals surface area (Å²) in [5.41, 5.74) is 0.954. The average Bonchev–Trinajstić information content (AvgIpc) is 2.56. The molecule has 2 heterocycles. The lowest BCUT2D eigenvalue weighted by Gasteiger charge is -2.34. The number of halogens is 1. The van der Waals surface area contributed by atoms with E-state index in [1.807, 2.05) is 29.2 Å². The predicted molar refractivity (Wildman–Crippen MR) is 84.9 cm³/mol. The van der Waals surface area contributed by atoms with Crippen molar-refractivity contribution < 1.29 is 14.3 Å². The molecule has 0 saturated carbocycles. The minimum atomic E-state index is -0.140. The molecule has 0 aromatic heterocycles. The van der Waals surface area contributed by atoms with E-state index in [4.69, 9.17) is 21.1 Å². The van der Waals surface area contributed by atoms with E-state index in [1.165, 1.54) is 0 Å². The Morgan fingerprint density at radius 3 is 2.86 bits per heavy atom. The molecular weight excluding hydrogens is 302 g/mol. The third kappa shape index (κ3) is 3.80. The average molecular weight is 324 g/mol. The van der Waals surface area contributed by atoms with Crippen LogP contribution in [-0.4, -0.2) is 43.2 Å². The molecule has 2 aliphatic heterocycles. The summed E-state index contributed by atoms with van der Waals surface area (Å²) in [6.07, 6.45) is 3.68. The zero-order chi connectivity index (χ0) is 15.4. The minimum absolute atomic E-state index is 0.0860. The maximum absolute atomic E-state index is 12.5. The Morgan fingerprint density at radius 2 is 2.09 bits per heavy atom. The summed E-state index contributed by atoms with van der Waals surface area (Å²) in [6, 6.07) is 7.67. The first-order valence-corrected chi connectivity index (χ1v) is 8.37. The van der Waals surface area contributed by atoms with E-state index < -0.39 is 0 Å². The smallest absolute Gasteiger partial charge is 0.225 e. The third-order valence-electron chi connectivity index (χ3n) is 4.35. The second kappa shape index (κ2) is 7.44. The highest BCUT2D eigenvalue weighted by Gasteiger charge is 2.28. The number of benzene rings is 1. The monoisotopic (exact) mass is 323 g/mol. The fraction of sp³-hybridized carbons (Fsp3) is 0.588. The molecule has 120 valence electrons. The van der Waals surface area contributed by atoms with Gasteiger partial charge in [0, 0.05) is 23.7 Å². The molecule has 5 heteroatoms. The fourth-order valence-electron chi connectivity index (χ4n) is 3.09. The van der Waals surface area contributed by atoms with Crippen LogP contribution in [-0.2, 0) is 14.3 Å². The van der Waals surface area contributed by atoms with E-state index in [9.17, 15) is 4.79 Å². The highest BCUT2D eigenvalue weighted by molar-refractivity contribution is 6.31. The summed E-state index contributed by atoms with van der Waals surface area (Å²) in [7, 11) is 0. The van der Waals surface area contributed by atoms with Crippen LogP contribution in [0.5, 0.6) is 0 Å². The number of carbonyl (C=O) groups is 1. The summed E-state index contributed by atoms with van der Waals surface area (Å²) in [4.78, 5) is 14.4. The Morgan fingerprint density at radius 1 is 1.23 bits per heavy atom. The molecule has 4 nitrogen and oxygen atoms in total. The Kier molecular flexibility index (Phi) is 5.34. The lowest BCUT2D eigenvalue weighted by atomic mass is 10.0. The van der Waals surface area contributed by atoms with Gasteiger partial charge < -0.3 is 14.4 Å². The standard InChI is InChI=1S/C17H22ClNO3/c18-15-7-2-1-6-14(15)16-12-19(8-10-22-16)17(20)11-13-5-3-4-9-21-13/h1-2,6-7,13,16H,3-5,8-12H2. The van der Waals surface area contributed by atoms with Crippen molar-refractivity contribution in [3.05, 3.63) is 34.9 Å². The van der Waals surface area contributed by atoms with Gasteiger partial charge in [0.25, 0.3) is 0 Å². The molecule has 0 spiro atoms. The number of amides is 1. The summed E-state index contributed by atoms with van der Waals surface area (Å²) in [5, 5.41) is 0.692. The fourth-order valence-corrected chi connectivity index (χ4v) is 3.35. The number of hydrogen-bond donors (Lipinski definition) is 0. The van der Waals surface area contributed by atoms with Gasteiger partial charge in [-0.1, -0.05) is 29.8 Å². The predicted octanol–water partition coefficient (Wildman–Crippen LogP) is 3.20. The molecule has 2 unspecified atom stereocenters. The van der Waals surface area contributed by atoms with Crippen LogP contribution in [0.1, 0.15) is 37.4 Å². The molecule has 2 aliphatic rings. The Bertz CT molecular complexity index is 516. The van der Waals surface area contributed by atoms with Crippen LogP contribution < -0.4 is 0 Å². The second-order valence-corrected chi connectivity index (χ2v) is 6.32. The van der Waals surface area contributed by atoms with E-state index in [1.54, 1.807) is 0 Å². The second-order valence-electron chi connectivity index (χ2n) is 5.91. The van der Waals surface area contributed by atoms with Gasteiger partial charge in [0.15, 0.2) is 0 Å². The van der Waals surface area contributed by atoms with Gasteiger partial charge in [-0.3, -0.25) is 4.79 Å². The van der Waals surface area contributed by atoms with Crippen LogP contribution >= 0.6 is 11.6 Å². The van der Waals surface area contributed by atoms with Gasteiger partial charge >= 0.3 is 0 Å². The van der Waals surface area contributed by atoms with Crippen molar-refractivity contribution >= 4 is 17.5 Å². The van der Waals surface area contributed by atoms with Crippen molar-refractivity contribution in [3.8, 4) is 0 Å². The van der Waals surface area contributed by atoms with Crippen LogP contribution in [0.2, 0.25) is 5.02 Å². The van der Waals surface area contributed by atoms with Crippen LogP contribution in [0, 0.1) is 0 Å². The van der Waals surface area contributed by atoms with Gasteiger partial charge in [-0.25, -0.2) is 0 Å². The van der Waals surface area contributed by atoms with E-state index in [2.05, 4.69) is 0 Å². The van der Waals surface area contributed by atoms with Crippen molar-refractivity contribution in [3.63, 3.8) is 0 Å². The third-order valence-corrected chi connectivity index (χ3v) is 4.69. The maximum atomic E-state index is 12.5. The SMILES string of the molecule is O=C(CC1CCCCO1)N1CCOC(c2ccccc2Cl)C1. The molecule has 0 aliphatic carbocycles. The molecule has 1 aromatic carbocycles. The largest absolute Gasteiger partial charge is 0.378 e. The molecule has 3 rings (SSSR count). The van der Waals surface area contributed by atoms with Gasteiger partial charge in [0.2, 0.25) is 5.91 Å². The van der Waals surface area contributed by atoms with E-state index in [0.717, 1.165) is 31.4 Å².